The van der Waals surface area contributed by atoms with E-state index in [1.807, 2.05) is 43.3 Å². The third kappa shape index (κ3) is 4.86. The molecule has 1 saturated heterocycles. The Morgan fingerprint density at radius 2 is 2.12 bits per heavy atom. The monoisotopic (exact) mass is 374 g/mol. The van der Waals surface area contributed by atoms with E-state index in [2.05, 4.69) is 20.5 Å². The normalized spacial score (nSPS) is 15.4. The van der Waals surface area contributed by atoms with E-state index >= 15 is 0 Å². The Balaban J connectivity index is 1.58. The molecular formula is C19H23ClN4O2. The fourth-order valence-corrected chi connectivity index (χ4v) is 3.11. The highest BCUT2D eigenvalue weighted by molar-refractivity contribution is 6.30. The molecule has 0 bridgehead atoms. The Morgan fingerprint density at radius 3 is 2.88 bits per heavy atom. The van der Waals surface area contributed by atoms with Crippen molar-refractivity contribution in [2.24, 2.45) is 0 Å². The van der Waals surface area contributed by atoms with Gasteiger partial charge < -0.3 is 20.3 Å². The summed E-state index contributed by atoms with van der Waals surface area (Å²) in [6.07, 6.45) is 1.77. The summed E-state index contributed by atoms with van der Waals surface area (Å²) in [5, 5.41) is 6.50. The maximum atomic E-state index is 12.3. The molecule has 1 aliphatic rings. The zero-order valence-electron chi connectivity index (χ0n) is 14.7. The van der Waals surface area contributed by atoms with Crippen LogP contribution in [0.5, 0.6) is 0 Å². The number of nitrogens with zero attached hydrogens (tertiary/aromatic N) is 2. The molecular weight excluding hydrogens is 352 g/mol. The number of pyridine rings is 1. The highest BCUT2D eigenvalue weighted by Crippen LogP contribution is 2.19. The highest BCUT2D eigenvalue weighted by Gasteiger charge is 2.16. The van der Waals surface area contributed by atoms with Crippen LogP contribution in [0.15, 0.2) is 42.6 Å². The molecule has 3 rings (SSSR count). The number of anilines is 1. The molecule has 2 amide bonds. The summed E-state index contributed by atoms with van der Waals surface area (Å²) in [5.41, 5.74) is 1.95. The third-order valence-electron chi connectivity index (χ3n) is 4.31. The van der Waals surface area contributed by atoms with Gasteiger partial charge in [-0.3, -0.25) is 0 Å². The lowest BCUT2D eigenvalue weighted by Crippen LogP contribution is -2.39. The van der Waals surface area contributed by atoms with Gasteiger partial charge in [0, 0.05) is 36.4 Å². The lowest BCUT2D eigenvalue weighted by Gasteiger charge is -2.29. The van der Waals surface area contributed by atoms with E-state index in [0.717, 1.165) is 30.0 Å². The SMILES string of the molecule is CC(NC(=O)NCc1cccnc1N1CCOCC1)c1cccc(Cl)c1. The quantitative estimate of drug-likeness (QED) is 0.843. The molecule has 1 fully saturated rings. The van der Waals surface area contributed by atoms with Crippen molar-refractivity contribution in [2.45, 2.75) is 19.5 Å². The van der Waals surface area contributed by atoms with Crippen LogP contribution in [0, 0.1) is 0 Å². The molecule has 2 N–H and O–H groups in total. The van der Waals surface area contributed by atoms with Gasteiger partial charge in [0.15, 0.2) is 0 Å². The molecule has 1 aromatic heterocycles. The number of rotatable bonds is 5. The maximum Gasteiger partial charge on any atom is 0.315 e. The number of ether oxygens (including phenoxy) is 1. The van der Waals surface area contributed by atoms with Crippen LogP contribution in [0.25, 0.3) is 0 Å². The Morgan fingerprint density at radius 1 is 1.31 bits per heavy atom. The van der Waals surface area contributed by atoms with Gasteiger partial charge in [0.05, 0.1) is 19.3 Å². The standard InChI is InChI=1S/C19H23ClN4O2/c1-14(15-4-2-6-17(20)12-15)23-19(25)22-13-16-5-3-7-21-18(16)24-8-10-26-11-9-24/h2-7,12,14H,8-11,13H2,1H3,(H2,22,23,25). The van der Waals surface area contributed by atoms with E-state index in [4.69, 9.17) is 16.3 Å². The van der Waals surface area contributed by atoms with Crippen molar-refractivity contribution in [3.63, 3.8) is 0 Å². The highest BCUT2D eigenvalue weighted by atomic mass is 35.5. The van der Waals surface area contributed by atoms with Crippen LogP contribution in [0.2, 0.25) is 5.02 Å². The summed E-state index contributed by atoms with van der Waals surface area (Å²) < 4.78 is 5.39. The van der Waals surface area contributed by atoms with Gasteiger partial charge in [0.1, 0.15) is 5.82 Å². The van der Waals surface area contributed by atoms with Gasteiger partial charge in [-0.15, -0.1) is 0 Å². The van der Waals surface area contributed by atoms with Gasteiger partial charge in [-0.1, -0.05) is 29.8 Å². The number of hydrogen-bond acceptors (Lipinski definition) is 4. The summed E-state index contributed by atoms with van der Waals surface area (Å²) in [6.45, 7) is 5.34. The lowest BCUT2D eigenvalue weighted by molar-refractivity contribution is 0.122. The van der Waals surface area contributed by atoms with Crippen LogP contribution in [-0.4, -0.2) is 37.3 Å². The van der Waals surface area contributed by atoms with Gasteiger partial charge >= 0.3 is 6.03 Å². The van der Waals surface area contributed by atoms with E-state index in [-0.39, 0.29) is 12.1 Å². The molecule has 1 aliphatic heterocycles. The van der Waals surface area contributed by atoms with Crippen LogP contribution in [0.3, 0.4) is 0 Å². The molecule has 2 aromatic rings. The second-order valence-electron chi connectivity index (χ2n) is 6.19. The first kappa shape index (κ1) is 18.5. The number of amides is 2. The van der Waals surface area contributed by atoms with Gasteiger partial charge in [-0.25, -0.2) is 9.78 Å². The van der Waals surface area contributed by atoms with E-state index < -0.39 is 0 Å². The van der Waals surface area contributed by atoms with Gasteiger partial charge in [-0.2, -0.15) is 0 Å². The smallest absolute Gasteiger partial charge is 0.315 e. The first-order chi connectivity index (χ1) is 12.6. The number of hydrogen-bond donors (Lipinski definition) is 2. The van der Waals surface area contributed by atoms with Crippen LogP contribution < -0.4 is 15.5 Å². The number of aromatic nitrogens is 1. The second kappa shape index (κ2) is 8.87. The average Bonchev–Trinajstić information content (AvgIpc) is 2.67. The van der Waals surface area contributed by atoms with Crippen LogP contribution >= 0.6 is 11.6 Å². The maximum absolute atomic E-state index is 12.3. The Bertz CT molecular complexity index is 750. The molecule has 6 nitrogen and oxygen atoms in total. The Kier molecular flexibility index (Phi) is 6.30. The number of benzene rings is 1. The van der Waals surface area contributed by atoms with Gasteiger partial charge in [0.2, 0.25) is 0 Å². The van der Waals surface area contributed by atoms with Crippen molar-refractivity contribution in [1.82, 2.24) is 15.6 Å². The number of nitrogens with one attached hydrogen (secondary N) is 2. The van der Waals surface area contributed by atoms with Crippen LogP contribution in [0.1, 0.15) is 24.1 Å². The number of carbonyl (C=O) groups is 1. The zero-order valence-corrected chi connectivity index (χ0v) is 15.5. The molecule has 138 valence electrons. The van der Waals surface area contributed by atoms with Gasteiger partial charge in [0.25, 0.3) is 0 Å². The summed E-state index contributed by atoms with van der Waals surface area (Å²) in [4.78, 5) is 18.9. The van der Waals surface area contributed by atoms with Crippen molar-refractivity contribution >= 4 is 23.4 Å². The van der Waals surface area contributed by atoms with Crippen molar-refractivity contribution in [2.75, 3.05) is 31.2 Å². The number of morpholine rings is 1. The minimum atomic E-state index is -0.228. The predicted molar refractivity (Wildman–Crippen MR) is 103 cm³/mol. The average molecular weight is 375 g/mol. The Hall–Kier alpha value is -2.31. The van der Waals surface area contributed by atoms with Gasteiger partial charge in [-0.05, 0) is 30.7 Å². The fourth-order valence-electron chi connectivity index (χ4n) is 2.91. The predicted octanol–water partition coefficient (Wildman–Crippen LogP) is 3.13. The van der Waals surface area contributed by atoms with Crippen molar-refractivity contribution in [3.05, 3.63) is 58.7 Å². The minimum Gasteiger partial charge on any atom is -0.378 e. The minimum absolute atomic E-state index is 0.138. The third-order valence-corrected chi connectivity index (χ3v) is 4.55. The Labute approximate surface area is 158 Å². The van der Waals surface area contributed by atoms with Crippen molar-refractivity contribution < 1.29 is 9.53 Å². The first-order valence-electron chi connectivity index (χ1n) is 8.70. The fraction of sp³-hybridized carbons (Fsp3) is 0.368. The molecule has 0 radical (unpaired) electrons. The largest absolute Gasteiger partial charge is 0.378 e. The molecule has 7 heteroatoms. The van der Waals surface area contributed by atoms with Crippen molar-refractivity contribution in [1.29, 1.82) is 0 Å². The molecule has 26 heavy (non-hydrogen) atoms. The molecule has 1 aromatic carbocycles. The number of carbonyl (C=O) groups excluding carboxylic acids is 1. The first-order valence-corrected chi connectivity index (χ1v) is 9.07. The summed E-state index contributed by atoms with van der Waals surface area (Å²) in [6, 6.07) is 11.0. The van der Waals surface area contributed by atoms with E-state index in [9.17, 15) is 4.79 Å². The molecule has 1 unspecified atom stereocenters. The zero-order chi connectivity index (χ0) is 18.4. The van der Waals surface area contributed by atoms with E-state index in [1.165, 1.54) is 0 Å². The van der Waals surface area contributed by atoms with Crippen molar-refractivity contribution in [3.8, 4) is 0 Å². The molecule has 1 atom stereocenters. The number of urea groups is 1. The molecule has 0 aliphatic carbocycles. The van der Waals surface area contributed by atoms with E-state index in [1.54, 1.807) is 6.20 Å². The second-order valence-corrected chi connectivity index (χ2v) is 6.63. The molecule has 2 heterocycles. The topological polar surface area (TPSA) is 66.5 Å². The summed E-state index contributed by atoms with van der Waals surface area (Å²) >= 11 is 6.01. The van der Waals surface area contributed by atoms with Crippen LogP contribution in [0.4, 0.5) is 10.6 Å². The summed E-state index contributed by atoms with van der Waals surface area (Å²) in [5.74, 6) is 0.902. The number of halogens is 1. The summed E-state index contributed by atoms with van der Waals surface area (Å²) in [7, 11) is 0. The lowest BCUT2D eigenvalue weighted by atomic mass is 10.1. The van der Waals surface area contributed by atoms with Crippen LogP contribution in [-0.2, 0) is 11.3 Å². The molecule has 0 saturated carbocycles. The van der Waals surface area contributed by atoms with E-state index in [0.29, 0.717) is 24.8 Å². The molecule has 0 spiro atoms.